The molecule has 0 saturated heterocycles. The highest BCUT2D eigenvalue weighted by Gasteiger charge is 2.40. The Balaban J connectivity index is 1.94. The highest BCUT2D eigenvalue weighted by atomic mass is 19.4. The molecule has 3 rings (SSSR count). The molecule has 3 heterocycles. The van der Waals surface area contributed by atoms with E-state index in [2.05, 4.69) is 10.1 Å². The maximum absolute atomic E-state index is 13.3. The molecule has 1 aliphatic rings. The van der Waals surface area contributed by atoms with Crippen LogP contribution in [0.1, 0.15) is 56.7 Å². The normalized spacial score (nSPS) is 17.4. The van der Waals surface area contributed by atoms with Crippen LogP contribution in [0.4, 0.5) is 19.0 Å². The van der Waals surface area contributed by atoms with E-state index in [9.17, 15) is 23.1 Å². The van der Waals surface area contributed by atoms with E-state index < -0.39 is 34.7 Å². The van der Waals surface area contributed by atoms with Gasteiger partial charge in [0.25, 0.3) is 5.91 Å². The molecule has 1 unspecified atom stereocenters. The molecule has 32 heavy (non-hydrogen) atoms. The van der Waals surface area contributed by atoms with Crippen LogP contribution in [0.5, 0.6) is 5.88 Å². The van der Waals surface area contributed by atoms with Gasteiger partial charge in [-0.05, 0) is 52.2 Å². The average molecular weight is 454 g/mol. The van der Waals surface area contributed by atoms with Gasteiger partial charge in [0.1, 0.15) is 17.1 Å². The number of nitrogens with zero attached hydrogens (tertiary/aromatic N) is 4. The maximum Gasteiger partial charge on any atom is 0.421 e. The number of amides is 1. The van der Waals surface area contributed by atoms with Crippen molar-refractivity contribution in [3.8, 4) is 5.88 Å². The Labute approximate surface area is 184 Å². The summed E-state index contributed by atoms with van der Waals surface area (Å²) in [5.41, 5.74) is -2.30. The monoisotopic (exact) mass is 454 g/mol. The minimum Gasteiger partial charge on any atom is -0.481 e. The molecule has 0 bridgehead atoms. The third-order valence-electron chi connectivity index (χ3n) is 5.87. The SMILES string of the molecule is COc1nc(N2CC(C)n3ncc(BOC(C)(C)C(C)(C)O)c3C2=O)ccc1C(F)(F)F. The smallest absolute Gasteiger partial charge is 0.421 e. The summed E-state index contributed by atoms with van der Waals surface area (Å²) in [5, 5.41) is 14.6. The first kappa shape index (κ1) is 24.1. The lowest BCUT2D eigenvalue weighted by Gasteiger charge is -2.37. The van der Waals surface area contributed by atoms with Crippen LogP contribution in [-0.2, 0) is 10.8 Å². The van der Waals surface area contributed by atoms with Gasteiger partial charge < -0.3 is 14.5 Å². The summed E-state index contributed by atoms with van der Waals surface area (Å²) in [6.07, 6.45) is -3.11. The summed E-state index contributed by atoms with van der Waals surface area (Å²) in [6, 6.07) is 1.74. The average Bonchev–Trinajstić information content (AvgIpc) is 3.12. The van der Waals surface area contributed by atoms with Crippen LogP contribution in [0.2, 0.25) is 0 Å². The number of alkyl halides is 3. The highest BCUT2D eigenvalue weighted by molar-refractivity contribution is 6.49. The lowest BCUT2D eigenvalue weighted by molar-refractivity contribution is -0.139. The van der Waals surface area contributed by atoms with Crippen LogP contribution in [0.25, 0.3) is 0 Å². The quantitative estimate of drug-likeness (QED) is 0.673. The van der Waals surface area contributed by atoms with Gasteiger partial charge in [-0.25, -0.2) is 0 Å². The first-order valence-corrected chi connectivity index (χ1v) is 10.0. The van der Waals surface area contributed by atoms with Gasteiger partial charge in [-0.15, -0.1) is 0 Å². The summed E-state index contributed by atoms with van der Waals surface area (Å²) >= 11 is 0. The van der Waals surface area contributed by atoms with E-state index in [1.165, 1.54) is 11.1 Å². The molecule has 0 aromatic carbocycles. The van der Waals surface area contributed by atoms with Crippen molar-refractivity contribution in [3.05, 3.63) is 29.6 Å². The van der Waals surface area contributed by atoms with Crippen molar-refractivity contribution in [2.24, 2.45) is 0 Å². The second-order valence-electron chi connectivity index (χ2n) is 8.81. The lowest BCUT2D eigenvalue weighted by atomic mass is 9.82. The fourth-order valence-corrected chi connectivity index (χ4v) is 3.21. The first-order chi connectivity index (χ1) is 14.7. The number of ether oxygens (including phenoxy) is 1. The zero-order valence-electron chi connectivity index (χ0n) is 18.8. The van der Waals surface area contributed by atoms with E-state index >= 15 is 0 Å². The van der Waals surface area contributed by atoms with Crippen LogP contribution in [0.3, 0.4) is 0 Å². The van der Waals surface area contributed by atoms with E-state index in [0.717, 1.165) is 19.2 Å². The van der Waals surface area contributed by atoms with Crippen molar-refractivity contribution in [1.82, 2.24) is 14.8 Å². The van der Waals surface area contributed by atoms with Crippen LogP contribution >= 0.6 is 0 Å². The number of methoxy groups -OCH3 is 1. The number of carbonyl (C=O) groups is 1. The number of fused-ring (bicyclic) bond motifs is 1. The minimum atomic E-state index is -4.63. The van der Waals surface area contributed by atoms with E-state index in [4.69, 9.17) is 9.39 Å². The summed E-state index contributed by atoms with van der Waals surface area (Å²) < 4.78 is 51.8. The fourth-order valence-electron chi connectivity index (χ4n) is 3.21. The Kier molecular flexibility index (Phi) is 6.07. The number of hydrogen-bond acceptors (Lipinski definition) is 6. The molecule has 12 heteroatoms. The second kappa shape index (κ2) is 8.07. The third-order valence-corrected chi connectivity index (χ3v) is 5.87. The Hall–Kier alpha value is -2.60. The molecule has 1 amide bonds. The molecule has 0 spiro atoms. The Bertz CT molecular complexity index is 1020. The predicted molar refractivity (Wildman–Crippen MR) is 113 cm³/mol. The Morgan fingerprint density at radius 3 is 2.44 bits per heavy atom. The van der Waals surface area contributed by atoms with E-state index in [1.54, 1.807) is 32.4 Å². The van der Waals surface area contributed by atoms with Gasteiger partial charge in [-0.1, -0.05) is 0 Å². The number of carbonyl (C=O) groups excluding carboxylic acids is 1. The third kappa shape index (κ3) is 4.33. The fraction of sp³-hybridized carbons (Fsp3) is 0.550. The van der Waals surface area contributed by atoms with Crippen molar-refractivity contribution >= 4 is 24.7 Å². The number of rotatable bonds is 6. The molecule has 0 fully saturated rings. The number of aromatic nitrogens is 3. The maximum atomic E-state index is 13.3. The molecule has 2 aromatic rings. The van der Waals surface area contributed by atoms with Crippen molar-refractivity contribution in [1.29, 1.82) is 0 Å². The van der Waals surface area contributed by atoms with Crippen LogP contribution in [0.15, 0.2) is 18.3 Å². The van der Waals surface area contributed by atoms with Crippen LogP contribution < -0.4 is 15.1 Å². The van der Waals surface area contributed by atoms with Gasteiger partial charge in [-0.3, -0.25) is 14.4 Å². The Morgan fingerprint density at radius 2 is 1.88 bits per heavy atom. The molecule has 174 valence electrons. The van der Waals surface area contributed by atoms with Crippen molar-refractivity contribution in [2.75, 3.05) is 18.6 Å². The molecule has 2 aromatic heterocycles. The Morgan fingerprint density at radius 1 is 1.22 bits per heavy atom. The molecule has 1 atom stereocenters. The molecular weight excluding hydrogens is 428 g/mol. The zero-order valence-corrected chi connectivity index (χ0v) is 18.8. The van der Waals surface area contributed by atoms with Gasteiger partial charge in [0.05, 0.1) is 24.4 Å². The zero-order chi connectivity index (χ0) is 24.1. The van der Waals surface area contributed by atoms with E-state index in [-0.39, 0.29) is 31.6 Å². The second-order valence-corrected chi connectivity index (χ2v) is 8.81. The summed E-state index contributed by atoms with van der Waals surface area (Å²) in [5.74, 6) is -1.03. The van der Waals surface area contributed by atoms with Crippen molar-refractivity contribution in [2.45, 2.75) is 58.0 Å². The topological polar surface area (TPSA) is 89.7 Å². The molecule has 1 aliphatic heterocycles. The van der Waals surface area contributed by atoms with Crippen molar-refractivity contribution in [3.63, 3.8) is 0 Å². The molecule has 0 radical (unpaired) electrons. The van der Waals surface area contributed by atoms with Gasteiger partial charge in [0.15, 0.2) is 0 Å². The lowest BCUT2D eigenvalue weighted by Crippen LogP contribution is -2.50. The van der Waals surface area contributed by atoms with Gasteiger partial charge in [0, 0.05) is 12.7 Å². The predicted octanol–water partition coefficient (Wildman–Crippen LogP) is 2.07. The largest absolute Gasteiger partial charge is 0.481 e. The summed E-state index contributed by atoms with van der Waals surface area (Å²) in [6.45, 7) is 8.72. The molecule has 8 nitrogen and oxygen atoms in total. The van der Waals surface area contributed by atoms with Gasteiger partial charge in [-0.2, -0.15) is 23.3 Å². The molecule has 0 aliphatic carbocycles. The summed E-state index contributed by atoms with van der Waals surface area (Å²) in [7, 11) is 1.11. The molecule has 0 saturated carbocycles. The van der Waals surface area contributed by atoms with E-state index in [0.29, 0.717) is 5.46 Å². The van der Waals surface area contributed by atoms with Crippen LogP contribution in [0, 0.1) is 0 Å². The van der Waals surface area contributed by atoms with Crippen LogP contribution in [-0.4, -0.2) is 58.1 Å². The van der Waals surface area contributed by atoms with E-state index in [1.807, 2.05) is 6.92 Å². The van der Waals surface area contributed by atoms with Gasteiger partial charge >= 0.3 is 13.7 Å². The van der Waals surface area contributed by atoms with Crippen molar-refractivity contribution < 1.29 is 32.5 Å². The number of aliphatic hydroxyl groups is 1. The minimum absolute atomic E-state index is 0.0163. The van der Waals surface area contributed by atoms with Gasteiger partial charge in [0.2, 0.25) is 5.88 Å². The number of anilines is 1. The first-order valence-electron chi connectivity index (χ1n) is 10.0. The summed E-state index contributed by atoms with van der Waals surface area (Å²) in [4.78, 5) is 18.5. The molecular formula is C20H26BF3N4O4. The standard InChI is InChI=1S/C20H26BF3N4O4/c1-11-10-27(14-8-7-12(20(22,23)24)16(26-14)31-6)17(29)15-13(9-25-28(11)15)21-32-19(4,5)18(2,3)30/h7-9,11,21,30H,10H2,1-6H3. The highest BCUT2D eigenvalue weighted by Crippen LogP contribution is 2.37. The number of pyridine rings is 1. The molecule has 1 N–H and O–H groups in total. The number of hydrogen-bond donors (Lipinski definition) is 1. The number of halogens is 3.